The van der Waals surface area contributed by atoms with Crippen LogP contribution in [0, 0.1) is 5.92 Å². The molecule has 1 fully saturated rings. The fourth-order valence-corrected chi connectivity index (χ4v) is 3.06. The first kappa shape index (κ1) is 16.2. The van der Waals surface area contributed by atoms with E-state index in [9.17, 15) is 18.7 Å². The lowest BCUT2D eigenvalue weighted by Gasteiger charge is -2.34. The van der Waals surface area contributed by atoms with Crippen molar-refractivity contribution in [1.29, 1.82) is 0 Å². The minimum atomic E-state index is -2.61. The molecule has 1 aromatic heterocycles. The van der Waals surface area contributed by atoms with Crippen LogP contribution in [0.25, 0.3) is 0 Å². The van der Waals surface area contributed by atoms with Gasteiger partial charge in [0.25, 0.3) is 11.7 Å². The minimum absolute atomic E-state index is 0.0329. The average Bonchev–Trinajstić information content (AvgIpc) is 2.46. The van der Waals surface area contributed by atoms with E-state index >= 15 is 0 Å². The van der Waals surface area contributed by atoms with Crippen LogP contribution in [0.4, 0.5) is 8.78 Å². The number of aromatic nitrogens is 1. The first-order valence-electron chi connectivity index (χ1n) is 6.86. The van der Waals surface area contributed by atoms with Gasteiger partial charge in [0.1, 0.15) is 5.03 Å². The molecule has 2 rings (SSSR count). The van der Waals surface area contributed by atoms with Crippen LogP contribution in [0.1, 0.15) is 30.1 Å². The topological polar surface area (TPSA) is 53.4 Å². The molecule has 1 N–H and O–H groups in total. The van der Waals surface area contributed by atoms with E-state index in [1.54, 1.807) is 17.9 Å². The summed E-state index contributed by atoms with van der Waals surface area (Å²) in [7, 11) is 0. The van der Waals surface area contributed by atoms with Crippen molar-refractivity contribution in [3.05, 3.63) is 23.9 Å². The first-order valence-corrected chi connectivity index (χ1v) is 7.74. The van der Waals surface area contributed by atoms with Crippen LogP contribution in [-0.4, -0.2) is 45.8 Å². The van der Waals surface area contributed by atoms with Crippen LogP contribution >= 0.6 is 11.8 Å². The van der Waals surface area contributed by atoms with Gasteiger partial charge in [-0.15, -0.1) is 0 Å². The van der Waals surface area contributed by atoms with Crippen molar-refractivity contribution in [2.75, 3.05) is 13.1 Å². The van der Waals surface area contributed by atoms with Gasteiger partial charge in [0.15, 0.2) is 0 Å². The van der Waals surface area contributed by atoms with Gasteiger partial charge in [-0.05, 0) is 43.7 Å². The molecule has 1 aliphatic rings. The smallest absolute Gasteiger partial charge is 0.290 e. The van der Waals surface area contributed by atoms with E-state index in [2.05, 4.69) is 4.98 Å². The van der Waals surface area contributed by atoms with Crippen molar-refractivity contribution < 1.29 is 18.7 Å². The number of pyridine rings is 1. The maximum Gasteiger partial charge on any atom is 0.290 e. The number of hydrogen-bond acceptors (Lipinski definition) is 4. The Bertz CT molecular complexity index is 500. The quantitative estimate of drug-likeness (QED) is 0.868. The molecule has 0 saturated carbocycles. The van der Waals surface area contributed by atoms with Crippen molar-refractivity contribution in [2.24, 2.45) is 5.92 Å². The van der Waals surface area contributed by atoms with E-state index in [0.717, 1.165) is 12.8 Å². The van der Waals surface area contributed by atoms with Crippen LogP contribution in [-0.2, 0) is 0 Å². The number of aliphatic hydroxyl groups excluding tert-OH is 1. The summed E-state index contributed by atoms with van der Waals surface area (Å²) in [6.07, 6.45) is 2.59. The van der Waals surface area contributed by atoms with Crippen LogP contribution in [0.3, 0.4) is 0 Å². The van der Waals surface area contributed by atoms with Gasteiger partial charge in [-0.2, -0.15) is 8.78 Å². The number of aliphatic hydroxyl groups is 1. The highest BCUT2D eigenvalue weighted by molar-refractivity contribution is 7.99. The van der Waals surface area contributed by atoms with E-state index < -0.39 is 11.9 Å². The number of alkyl halides is 2. The van der Waals surface area contributed by atoms with Crippen molar-refractivity contribution in [1.82, 2.24) is 9.88 Å². The summed E-state index contributed by atoms with van der Waals surface area (Å²) in [5, 5.41) is 9.72. The number of piperidine rings is 1. The zero-order chi connectivity index (χ0) is 15.4. The summed E-state index contributed by atoms with van der Waals surface area (Å²) in [6.45, 7) is 2.74. The number of hydrogen-bond donors (Lipinski definition) is 1. The van der Waals surface area contributed by atoms with Gasteiger partial charge in [-0.25, -0.2) is 4.98 Å². The van der Waals surface area contributed by atoms with Gasteiger partial charge in [0.2, 0.25) is 0 Å². The summed E-state index contributed by atoms with van der Waals surface area (Å²) in [4.78, 5) is 18.0. The summed E-state index contributed by atoms with van der Waals surface area (Å²) < 4.78 is 25.1. The van der Waals surface area contributed by atoms with E-state index in [0.29, 0.717) is 13.1 Å². The molecule has 21 heavy (non-hydrogen) atoms. The largest absolute Gasteiger partial charge is 0.393 e. The molecule has 0 bridgehead atoms. The maximum absolute atomic E-state index is 12.5. The van der Waals surface area contributed by atoms with Crippen molar-refractivity contribution in [3.63, 3.8) is 0 Å². The molecular formula is C14H18F2N2O2S. The fourth-order valence-electron chi connectivity index (χ4n) is 2.49. The second kappa shape index (κ2) is 7.17. The molecule has 1 aromatic rings. The van der Waals surface area contributed by atoms with Gasteiger partial charge in [-0.3, -0.25) is 4.79 Å². The number of carbonyl (C=O) groups excluding carboxylic acids is 1. The zero-order valence-corrected chi connectivity index (χ0v) is 12.5. The molecule has 1 aliphatic heterocycles. The molecular weight excluding hydrogens is 298 g/mol. The van der Waals surface area contributed by atoms with Gasteiger partial charge in [0.05, 0.1) is 11.7 Å². The molecule has 2 unspecified atom stereocenters. The summed E-state index contributed by atoms with van der Waals surface area (Å²) in [6, 6.07) is 3.09. The third kappa shape index (κ3) is 4.14. The molecule has 0 spiro atoms. The monoisotopic (exact) mass is 316 g/mol. The van der Waals surface area contributed by atoms with Crippen molar-refractivity contribution in [2.45, 2.75) is 36.7 Å². The highest BCUT2D eigenvalue weighted by Gasteiger charge is 2.28. The van der Waals surface area contributed by atoms with E-state index in [1.165, 1.54) is 12.3 Å². The second-order valence-electron chi connectivity index (χ2n) is 5.13. The van der Waals surface area contributed by atoms with Crippen LogP contribution < -0.4 is 0 Å². The molecule has 0 radical (unpaired) electrons. The Kier molecular flexibility index (Phi) is 5.52. The Morgan fingerprint density at radius 1 is 1.57 bits per heavy atom. The van der Waals surface area contributed by atoms with Crippen LogP contribution in [0.2, 0.25) is 0 Å². The minimum Gasteiger partial charge on any atom is -0.393 e. The molecule has 2 heterocycles. The standard InChI is InChI=1S/C14H18F2N2O2S/c1-9(19)10-4-3-7-18(8-10)13(20)11-5-2-6-17-12(11)21-14(15)16/h2,5-6,9-10,14,19H,3-4,7-8H2,1H3. The van der Waals surface area contributed by atoms with E-state index in [1.807, 2.05) is 0 Å². The molecule has 2 atom stereocenters. The molecule has 0 aliphatic carbocycles. The lowest BCUT2D eigenvalue weighted by atomic mass is 9.93. The normalized spacial score (nSPS) is 20.6. The molecule has 0 aromatic carbocycles. The highest BCUT2D eigenvalue weighted by atomic mass is 32.2. The molecule has 116 valence electrons. The molecule has 7 heteroatoms. The Hall–Kier alpha value is -1.21. The third-order valence-electron chi connectivity index (χ3n) is 3.63. The van der Waals surface area contributed by atoms with Gasteiger partial charge >= 0.3 is 0 Å². The van der Waals surface area contributed by atoms with Crippen LogP contribution in [0.15, 0.2) is 23.4 Å². The summed E-state index contributed by atoms with van der Waals surface area (Å²) >= 11 is 0.283. The second-order valence-corrected chi connectivity index (χ2v) is 6.11. The van der Waals surface area contributed by atoms with Gasteiger partial charge < -0.3 is 10.0 Å². The Morgan fingerprint density at radius 3 is 3.00 bits per heavy atom. The van der Waals surface area contributed by atoms with Gasteiger partial charge in [-0.1, -0.05) is 0 Å². The predicted octanol–water partition coefficient (Wildman–Crippen LogP) is 2.63. The number of likely N-dealkylation sites (tertiary alicyclic amines) is 1. The highest BCUT2D eigenvalue weighted by Crippen LogP contribution is 2.28. The zero-order valence-electron chi connectivity index (χ0n) is 11.7. The SMILES string of the molecule is CC(O)C1CCCN(C(=O)c2cccnc2SC(F)F)C1. The number of nitrogens with zero attached hydrogens (tertiary/aromatic N) is 2. The summed E-state index contributed by atoms with van der Waals surface area (Å²) in [5.74, 6) is -2.87. The fraction of sp³-hybridized carbons (Fsp3) is 0.571. The lowest BCUT2D eigenvalue weighted by Crippen LogP contribution is -2.43. The molecule has 1 saturated heterocycles. The third-order valence-corrected chi connectivity index (χ3v) is 4.36. The number of rotatable bonds is 4. The molecule has 1 amide bonds. The Labute approximate surface area is 126 Å². The van der Waals surface area contributed by atoms with Gasteiger partial charge in [0, 0.05) is 25.2 Å². The van der Waals surface area contributed by atoms with E-state index in [4.69, 9.17) is 0 Å². The predicted molar refractivity (Wildman–Crippen MR) is 76.4 cm³/mol. The first-order chi connectivity index (χ1) is 9.99. The van der Waals surface area contributed by atoms with E-state index in [-0.39, 0.29) is 34.2 Å². The number of thioether (sulfide) groups is 1. The molecule has 4 nitrogen and oxygen atoms in total. The number of amides is 1. The number of carbonyl (C=O) groups is 1. The lowest BCUT2D eigenvalue weighted by molar-refractivity contribution is 0.0463. The average molecular weight is 316 g/mol. The Morgan fingerprint density at radius 2 is 2.33 bits per heavy atom. The summed E-state index contributed by atoms with van der Waals surface area (Å²) in [5.41, 5.74) is 0.203. The van der Waals surface area contributed by atoms with Crippen molar-refractivity contribution in [3.8, 4) is 0 Å². The Balaban J connectivity index is 2.16. The maximum atomic E-state index is 12.5. The van der Waals surface area contributed by atoms with Crippen molar-refractivity contribution >= 4 is 17.7 Å². The van der Waals surface area contributed by atoms with Crippen LogP contribution in [0.5, 0.6) is 0 Å². The number of halogens is 2.